The number of benzene rings is 1. The van der Waals surface area contributed by atoms with Gasteiger partial charge in [-0.1, -0.05) is 36.5 Å². The van der Waals surface area contributed by atoms with Gasteiger partial charge in [0.25, 0.3) is 0 Å². The SMILES string of the molecule is CCCCN(C)CCC(=O)Nc1nc2scc(-c3ccc(Cl)cc3Cl)n2n1. The van der Waals surface area contributed by atoms with Crippen LogP contribution in [0.15, 0.2) is 23.6 Å². The Hall–Kier alpha value is -1.67. The molecular formula is C18H21Cl2N5OS. The van der Waals surface area contributed by atoms with Crippen LogP contribution >= 0.6 is 34.5 Å². The Bertz CT molecular complexity index is 939. The van der Waals surface area contributed by atoms with E-state index in [0.717, 1.165) is 30.6 Å². The third kappa shape index (κ3) is 4.99. The summed E-state index contributed by atoms with van der Waals surface area (Å²) < 4.78 is 1.68. The molecule has 0 saturated heterocycles. The van der Waals surface area contributed by atoms with Crippen LogP contribution in [0.1, 0.15) is 26.2 Å². The van der Waals surface area contributed by atoms with Crippen molar-refractivity contribution < 1.29 is 4.79 Å². The molecule has 0 spiro atoms. The molecule has 2 heterocycles. The minimum atomic E-state index is -0.0947. The van der Waals surface area contributed by atoms with Crippen molar-refractivity contribution in [3.8, 4) is 11.3 Å². The lowest BCUT2D eigenvalue weighted by Crippen LogP contribution is -2.25. The third-order valence-electron chi connectivity index (χ3n) is 4.15. The normalized spacial score (nSPS) is 11.4. The van der Waals surface area contributed by atoms with Crippen molar-refractivity contribution in [2.75, 3.05) is 25.5 Å². The summed E-state index contributed by atoms with van der Waals surface area (Å²) >= 11 is 13.7. The van der Waals surface area contributed by atoms with E-state index < -0.39 is 0 Å². The largest absolute Gasteiger partial charge is 0.306 e. The number of thiazole rings is 1. The summed E-state index contributed by atoms with van der Waals surface area (Å²) in [5, 5.41) is 10.2. The molecule has 0 aliphatic rings. The fourth-order valence-corrected chi connectivity index (χ4v) is 3.96. The molecule has 0 aliphatic heterocycles. The summed E-state index contributed by atoms with van der Waals surface area (Å²) in [5.74, 6) is 0.206. The smallest absolute Gasteiger partial charge is 0.250 e. The Morgan fingerprint density at radius 3 is 2.89 bits per heavy atom. The number of halogens is 2. The zero-order valence-corrected chi connectivity index (χ0v) is 17.5. The Balaban J connectivity index is 1.69. The topological polar surface area (TPSA) is 62.5 Å². The first kappa shape index (κ1) is 20.1. The number of fused-ring (bicyclic) bond motifs is 1. The maximum Gasteiger partial charge on any atom is 0.250 e. The van der Waals surface area contributed by atoms with Crippen molar-refractivity contribution >= 4 is 51.4 Å². The van der Waals surface area contributed by atoms with Gasteiger partial charge in [-0.25, -0.2) is 4.52 Å². The minimum Gasteiger partial charge on any atom is -0.306 e. The average Bonchev–Trinajstić information content (AvgIpc) is 3.18. The molecule has 3 aromatic rings. The number of hydrogen-bond acceptors (Lipinski definition) is 5. The lowest BCUT2D eigenvalue weighted by atomic mass is 10.2. The first-order valence-electron chi connectivity index (χ1n) is 8.76. The van der Waals surface area contributed by atoms with Crippen molar-refractivity contribution in [1.82, 2.24) is 19.5 Å². The summed E-state index contributed by atoms with van der Waals surface area (Å²) in [6.07, 6.45) is 2.68. The minimum absolute atomic E-state index is 0.0947. The summed E-state index contributed by atoms with van der Waals surface area (Å²) in [6, 6.07) is 5.32. The molecule has 1 aromatic carbocycles. The molecule has 0 radical (unpaired) electrons. The Morgan fingerprint density at radius 1 is 1.33 bits per heavy atom. The Morgan fingerprint density at radius 2 is 2.15 bits per heavy atom. The molecule has 1 amide bonds. The third-order valence-corrected chi connectivity index (χ3v) is 5.52. The van der Waals surface area contributed by atoms with Crippen LogP contribution in [0.2, 0.25) is 10.0 Å². The lowest BCUT2D eigenvalue weighted by molar-refractivity contribution is -0.116. The zero-order valence-electron chi connectivity index (χ0n) is 15.2. The molecule has 2 aromatic heterocycles. The van der Waals surface area contributed by atoms with Gasteiger partial charge in [-0.3, -0.25) is 10.1 Å². The van der Waals surface area contributed by atoms with Gasteiger partial charge in [0.2, 0.25) is 16.8 Å². The number of carbonyl (C=O) groups is 1. The van der Waals surface area contributed by atoms with Gasteiger partial charge in [-0.05, 0) is 38.2 Å². The Kier molecular flexibility index (Phi) is 6.70. The van der Waals surface area contributed by atoms with Crippen molar-refractivity contribution in [2.24, 2.45) is 0 Å². The molecule has 0 unspecified atom stereocenters. The highest BCUT2D eigenvalue weighted by Crippen LogP contribution is 2.33. The number of carbonyl (C=O) groups excluding carboxylic acids is 1. The van der Waals surface area contributed by atoms with Gasteiger partial charge in [0.15, 0.2) is 0 Å². The number of amides is 1. The monoisotopic (exact) mass is 425 g/mol. The molecule has 144 valence electrons. The second-order valence-electron chi connectivity index (χ2n) is 6.33. The van der Waals surface area contributed by atoms with E-state index in [-0.39, 0.29) is 5.91 Å². The van der Waals surface area contributed by atoms with Crippen LogP contribution in [0.4, 0.5) is 5.95 Å². The molecular weight excluding hydrogens is 405 g/mol. The molecule has 0 bridgehead atoms. The van der Waals surface area contributed by atoms with Crippen LogP contribution in [0.3, 0.4) is 0 Å². The number of nitrogens with zero attached hydrogens (tertiary/aromatic N) is 4. The fourth-order valence-electron chi connectivity index (χ4n) is 2.64. The van der Waals surface area contributed by atoms with Crippen LogP contribution in [0.5, 0.6) is 0 Å². The highest BCUT2D eigenvalue weighted by atomic mass is 35.5. The van der Waals surface area contributed by atoms with E-state index in [0.29, 0.717) is 33.9 Å². The van der Waals surface area contributed by atoms with E-state index in [1.54, 1.807) is 16.6 Å². The number of nitrogens with one attached hydrogen (secondary N) is 1. The average molecular weight is 426 g/mol. The number of unbranched alkanes of at least 4 members (excludes halogenated alkanes) is 1. The Labute approximate surface area is 172 Å². The number of aromatic nitrogens is 3. The van der Waals surface area contributed by atoms with E-state index in [1.165, 1.54) is 11.3 Å². The zero-order chi connectivity index (χ0) is 19.4. The van der Waals surface area contributed by atoms with Gasteiger partial charge in [0, 0.05) is 28.9 Å². The maximum absolute atomic E-state index is 12.2. The van der Waals surface area contributed by atoms with Crippen molar-refractivity contribution in [2.45, 2.75) is 26.2 Å². The predicted molar refractivity (Wildman–Crippen MR) is 112 cm³/mol. The van der Waals surface area contributed by atoms with Gasteiger partial charge in [-0.2, -0.15) is 4.98 Å². The molecule has 6 nitrogen and oxygen atoms in total. The van der Waals surface area contributed by atoms with Crippen LogP contribution in [0.25, 0.3) is 16.2 Å². The highest BCUT2D eigenvalue weighted by molar-refractivity contribution is 7.15. The second-order valence-corrected chi connectivity index (χ2v) is 8.01. The second kappa shape index (κ2) is 9.01. The van der Waals surface area contributed by atoms with Gasteiger partial charge in [0.05, 0.1) is 10.7 Å². The van der Waals surface area contributed by atoms with Gasteiger partial charge in [0.1, 0.15) is 0 Å². The molecule has 0 atom stereocenters. The van der Waals surface area contributed by atoms with Crippen LogP contribution in [-0.2, 0) is 4.79 Å². The molecule has 1 N–H and O–H groups in total. The van der Waals surface area contributed by atoms with Crippen molar-refractivity contribution in [1.29, 1.82) is 0 Å². The quantitative estimate of drug-likeness (QED) is 0.561. The fraction of sp³-hybridized carbons (Fsp3) is 0.389. The maximum atomic E-state index is 12.2. The molecule has 0 saturated carbocycles. The number of rotatable bonds is 8. The number of anilines is 1. The molecule has 0 fully saturated rings. The van der Waals surface area contributed by atoms with E-state index >= 15 is 0 Å². The summed E-state index contributed by atoms with van der Waals surface area (Å²) in [5.41, 5.74) is 1.62. The molecule has 9 heteroatoms. The van der Waals surface area contributed by atoms with E-state index in [4.69, 9.17) is 23.2 Å². The molecule has 0 aliphatic carbocycles. The first-order valence-corrected chi connectivity index (χ1v) is 10.4. The van der Waals surface area contributed by atoms with E-state index in [9.17, 15) is 4.79 Å². The summed E-state index contributed by atoms with van der Waals surface area (Å²) in [7, 11) is 2.02. The van der Waals surface area contributed by atoms with E-state index in [2.05, 4.69) is 27.2 Å². The highest BCUT2D eigenvalue weighted by Gasteiger charge is 2.15. The van der Waals surface area contributed by atoms with Gasteiger partial charge in [-0.15, -0.1) is 16.4 Å². The molecule has 3 rings (SSSR count). The number of hydrogen-bond donors (Lipinski definition) is 1. The predicted octanol–water partition coefficient (Wildman–Crippen LogP) is 4.83. The van der Waals surface area contributed by atoms with Gasteiger partial charge >= 0.3 is 0 Å². The first-order chi connectivity index (χ1) is 13.0. The van der Waals surface area contributed by atoms with E-state index in [1.807, 2.05) is 18.5 Å². The van der Waals surface area contributed by atoms with Crippen molar-refractivity contribution in [3.63, 3.8) is 0 Å². The van der Waals surface area contributed by atoms with Crippen molar-refractivity contribution in [3.05, 3.63) is 33.6 Å². The lowest BCUT2D eigenvalue weighted by Gasteiger charge is -2.15. The van der Waals surface area contributed by atoms with Crippen LogP contribution in [-0.4, -0.2) is 45.5 Å². The van der Waals surface area contributed by atoms with Gasteiger partial charge < -0.3 is 4.90 Å². The summed E-state index contributed by atoms with van der Waals surface area (Å²) in [4.78, 5) is 19.4. The standard InChI is InChI=1S/C18H21Cl2N5OS/c1-3-4-8-24(2)9-7-16(26)21-17-22-18-25(23-17)15(11-27-18)13-6-5-12(19)10-14(13)20/h5-6,10-11H,3-4,7-9H2,1-2H3,(H,21,23,26). The molecule has 27 heavy (non-hydrogen) atoms. The summed E-state index contributed by atoms with van der Waals surface area (Å²) in [6.45, 7) is 3.86. The van der Waals surface area contributed by atoms with Crippen LogP contribution < -0.4 is 5.32 Å². The van der Waals surface area contributed by atoms with Crippen LogP contribution in [0, 0.1) is 0 Å².